The SMILES string of the molecule is CCCNC1c2ccccc2CCCC1S(=O)(=O)C(C)C. The van der Waals surface area contributed by atoms with Crippen LogP contribution in [-0.4, -0.2) is 25.5 Å². The molecule has 1 N–H and O–H groups in total. The molecule has 2 atom stereocenters. The molecular weight excluding hydrogens is 282 g/mol. The molecule has 21 heavy (non-hydrogen) atoms. The van der Waals surface area contributed by atoms with E-state index in [1.165, 1.54) is 11.1 Å². The molecule has 1 aromatic rings. The fourth-order valence-electron chi connectivity index (χ4n) is 3.17. The Morgan fingerprint density at radius 1 is 1.29 bits per heavy atom. The summed E-state index contributed by atoms with van der Waals surface area (Å²) in [5, 5.41) is 2.87. The zero-order valence-corrected chi connectivity index (χ0v) is 14.1. The minimum Gasteiger partial charge on any atom is -0.309 e. The minimum absolute atomic E-state index is 0.0731. The summed E-state index contributed by atoms with van der Waals surface area (Å²) in [7, 11) is -3.11. The van der Waals surface area contributed by atoms with Crippen molar-refractivity contribution in [1.29, 1.82) is 0 Å². The van der Waals surface area contributed by atoms with Gasteiger partial charge in [-0.2, -0.15) is 0 Å². The highest BCUT2D eigenvalue weighted by Crippen LogP contribution is 2.34. The molecule has 1 aliphatic carbocycles. The molecule has 0 bridgehead atoms. The third-order valence-corrected chi connectivity index (χ3v) is 7.06. The van der Waals surface area contributed by atoms with E-state index in [2.05, 4.69) is 24.4 Å². The molecule has 0 radical (unpaired) electrons. The number of hydrogen-bond acceptors (Lipinski definition) is 3. The van der Waals surface area contributed by atoms with Crippen molar-refractivity contribution in [2.45, 2.75) is 63.0 Å². The van der Waals surface area contributed by atoms with Crippen LogP contribution in [0.2, 0.25) is 0 Å². The Balaban J connectivity index is 2.44. The molecule has 0 amide bonds. The van der Waals surface area contributed by atoms with Crippen LogP contribution in [0.25, 0.3) is 0 Å². The molecule has 0 spiro atoms. The minimum atomic E-state index is -3.11. The highest BCUT2D eigenvalue weighted by atomic mass is 32.2. The van der Waals surface area contributed by atoms with E-state index < -0.39 is 9.84 Å². The quantitative estimate of drug-likeness (QED) is 0.849. The summed E-state index contributed by atoms with van der Waals surface area (Å²) in [5.74, 6) is 0. The molecule has 2 rings (SSSR count). The number of nitrogens with one attached hydrogen (secondary N) is 1. The lowest BCUT2D eigenvalue weighted by molar-refractivity contribution is 0.469. The van der Waals surface area contributed by atoms with E-state index in [9.17, 15) is 8.42 Å². The van der Waals surface area contributed by atoms with Crippen LogP contribution in [0, 0.1) is 0 Å². The van der Waals surface area contributed by atoms with Crippen molar-refractivity contribution in [2.24, 2.45) is 0 Å². The van der Waals surface area contributed by atoms with Crippen molar-refractivity contribution >= 4 is 9.84 Å². The summed E-state index contributed by atoms with van der Waals surface area (Å²) in [6.45, 7) is 6.55. The second-order valence-corrected chi connectivity index (χ2v) is 8.93. The molecule has 1 aromatic carbocycles. The molecule has 2 unspecified atom stereocenters. The van der Waals surface area contributed by atoms with E-state index in [4.69, 9.17) is 0 Å². The number of rotatable bonds is 5. The van der Waals surface area contributed by atoms with Crippen molar-refractivity contribution in [3.63, 3.8) is 0 Å². The summed E-state index contributed by atoms with van der Waals surface area (Å²) < 4.78 is 25.6. The van der Waals surface area contributed by atoms with Gasteiger partial charge in [0.05, 0.1) is 10.5 Å². The third-order valence-electron chi connectivity index (χ3n) is 4.39. The topological polar surface area (TPSA) is 46.2 Å². The fraction of sp³-hybridized carbons (Fsp3) is 0.647. The second-order valence-electron chi connectivity index (χ2n) is 6.20. The summed E-state index contributed by atoms with van der Waals surface area (Å²) in [4.78, 5) is 0. The van der Waals surface area contributed by atoms with Gasteiger partial charge in [-0.15, -0.1) is 0 Å². The van der Waals surface area contributed by atoms with E-state index >= 15 is 0 Å². The number of benzene rings is 1. The maximum absolute atomic E-state index is 12.8. The maximum Gasteiger partial charge on any atom is 0.157 e. The molecule has 118 valence electrons. The van der Waals surface area contributed by atoms with Crippen LogP contribution in [0.4, 0.5) is 0 Å². The second kappa shape index (κ2) is 6.93. The number of fused-ring (bicyclic) bond motifs is 1. The first-order valence-corrected chi connectivity index (χ1v) is 9.63. The van der Waals surface area contributed by atoms with Crippen LogP contribution in [0.3, 0.4) is 0 Å². The normalized spacial score (nSPS) is 22.9. The van der Waals surface area contributed by atoms with Gasteiger partial charge in [0.15, 0.2) is 9.84 Å². The number of hydrogen-bond donors (Lipinski definition) is 1. The lowest BCUT2D eigenvalue weighted by atomic mass is 9.99. The van der Waals surface area contributed by atoms with E-state index in [1.807, 2.05) is 12.1 Å². The predicted octanol–water partition coefficient (Wildman–Crippen LogP) is 3.26. The number of aryl methyl sites for hydroxylation is 1. The van der Waals surface area contributed by atoms with Crippen molar-refractivity contribution in [1.82, 2.24) is 5.32 Å². The molecule has 1 aliphatic rings. The Hall–Kier alpha value is -0.870. The van der Waals surface area contributed by atoms with Crippen molar-refractivity contribution in [3.8, 4) is 0 Å². The molecule has 0 aliphatic heterocycles. The maximum atomic E-state index is 12.8. The average Bonchev–Trinajstić information content (AvgIpc) is 2.64. The van der Waals surface area contributed by atoms with Crippen molar-refractivity contribution in [2.75, 3.05) is 6.54 Å². The number of sulfone groups is 1. The lowest BCUT2D eigenvalue weighted by Gasteiger charge is -2.29. The Labute approximate surface area is 129 Å². The van der Waals surface area contributed by atoms with Crippen LogP contribution in [-0.2, 0) is 16.3 Å². The van der Waals surface area contributed by atoms with Crippen LogP contribution in [0.1, 0.15) is 57.2 Å². The van der Waals surface area contributed by atoms with Gasteiger partial charge in [0.1, 0.15) is 0 Å². The summed E-state index contributed by atoms with van der Waals surface area (Å²) >= 11 is 0. The average molecular weight is 309 g/mol. The Kier molecular flexibility index (Phi) is 5.44. The molecular formula is C17H27NO2S. The molecule has 0 aromatic heterocycles. The molecule has 0 saturated heterocycles. The smallest absolute Gasteiger partial charge is 0.157 e. The summed E-state index contributed by atoms with van der Waals surface area (Å²) in [5.41, 5.74) is 2.48. The highest BCUT2D eigenvalue weighted by molar-refractivity contribution is 7.92. The van der Waals surface area contributed by atoms with Crippen LogP contribution in [0.5, 0.6) is 0 Å². The fourth-order valence-corrected chi connectivity index (χ4v) is 4.99. The summed E-state index contributed by atoms with van der Waals surface area (Å²) in [6.07, 6.45) is 3.67. The highest BCUT2D eigenvalue weighted by Gasteiger charge is 2.37. The van der Waals surface area contributed by atoms with Gasteiger partial charge in [0.25, 0.3) is 0 Å². The van der Waals surface area contributed by atoms with Gasteiger partial charge in [-0.25, -0.2) is 8.42 Å². The molecule has 0 fully saturated rings. The monoisotopic (exact) mass is 309 g/mol. The first kappa shape index (κ1) is 16.5. The van der Waals surface area contributed by atoms with Crippen LogP contribution < -0.4 is 5.32 Å². The third kappa shape index (κ3) is 3.49. The Morgan fingerprint density at radius 3 is 2.67 bits per heavy atom. The molecule has 4 heteroatoms. The van der Waals surface area contributed by atoms with Crippen molar-refractivity contribution < 1.29 is 8.42 Å². The van der Waals surface area contributed by atoms with Gasteiger partial charge in [-0.3, -0.25) is 0 Å². The van der Waals surface area contributed by atoms with Crippen LogP contribution >= 0.6 is 0 Å². The molecule has 3 nitrogen and oxygen atoms in total. The largest absolute Gasteiger partial charge is 0.309 e. The van der Waals surface area contributed by atoms with Crippen LogP contribution in [0.15, 0.2) is 24.3 Å². The van der Waals surface area contributed by atoms with Gasteiger partial charge in [-0.05, 0) is 57.2 Å². The van der Waals surface area contributed by atoms with Crippen molar-refractivity contribution in [3.05, 3.63) is 35.4 Å². The predicted molar refractivity (Wildman–Crippen MR) is 88.3 cm³/mol. The van der Waals surface area contributed by atoms with E-state index in [0.29, 0.717) is 0 Å². The zero-order chi connectivity index (χ0) is 15.5. The van der Waals surface area contributed by atoms with Gasteiger partial charge < -0.3 is 5.32 Å². The summed E-state index contributed by atoms with van der Waals surface area (Å²) in [6, 6.07) is 8.23. The van der Waals surface area contributed by atoms with Gasteiger partial charge in [0.2, 0.25) is 0 Å². The molecule has 0 saturated carbocycles. The molecule has 0 heterocycles. The lowest BCUT2D eigenvalue weighted by Crippen LogP contribution is -2.40. The first-order valence-electron chi connectivity index (χ1n) is 8.02. The van der Waals surface area contributed by atoms with Gasteiger partial charge in [0, 0.05) is 6.04 Å². The van der Waals surface area contributed by atoms with Gasteiger partial charge >= 0.3 is 0 Å². The van der Waals surface area contributed by atoms with E-state index in [1.54, 1.807) is 13.8 Å². The first-order chi connectivity index (χ1) is 9.98. The Bertz CT molecular complexity index is 566. The Morgan fingerprint density at radius 2 is 2.00 bits per heavy atom. The standard InChI is InChI=1S/C17H27NO2S/c1-4-12-18-17-15-10-6-5-8-14(15)9-7-11-16(17)21(19,20)13(2)3/h5-6,8,10,13,16-18H,4,7,9,11-12H2,1-3H3. The van der Waals surface area contributed by atoms with Gasteiger partial charge in [-0.1, -0.05) is 31.2 Å². The zero-order valence-electron chi connectivity index (χ0n) is 13.3. The van der Waals surface area contributed by atoms with E-state index in [-0.39, 0.29) is 16.5 Å². The van der Waals surface area contributed by atoms with E-state index in [0.717, 1.165) is 32.2 Å².